The van der Waals surface area contributed by atoms with Crippen LogP contribution >= 0.6 is 0 Å². The van der Waals surface area contributed by atoms with Crippen molar-refractivity contribution < 1.29 is 0 Å². The molecule has 0 saturated carbocycles. The minimum Gasteiger partial charge on any atom is -0.307 e. The molecule has 2 aliphatic rings. The molecule has 0 radical (unpaired) electrons. The maximum Gasteiger partial charge on any atom is 0.0380 e. The number of hydrogen-bond acceptors (Lipinski definition) is 2. The summed E-state index contributed by atoms with van der Waals surface area (Å²) in [5.74, 6) is 0. The second-order valence-electron chi connectivity index (χ2n) is 7.51. The normalized spacial score (nSPS) is 33.1. The topological polar surface area (TPSA) is 15.3 Å². The Balaban J connectivity index is 1.76. The number of benzene rings is 1. The Hall–Kier alpha value is -0.860. The molecular weight excluding hydrogens is 244 g/mol. The van der Waals surface area contributed by atoms with E-state index in [1.165, 1.54) is 36.9 Å². The van der Waals surface area contributed by atoms with Crippen molar-refractivity contribution in [3.05, 3.63) is 35.4 Å². The van der Waals surface area contributed by atoms with E-state index in [9.17, 15) is 0 Å². The molecule has 0 bridgehead atoms. The van der Waals surface area contributed by atoms with Crippen LogP contribution in [0, 0.1) is 5.41 Å². The number of rotatable bonds is 2. The molecule has 1 saturated heterocycles. The zero-order valence-electron chi connectivity index (χ0n) is 13.3. The van der Waals surface area contributed by atoms with Crippen LogP contribution in [0.5, 0.6) is 0 Å². The molecule has 1 aliphatic carbocycles. The molecule has 0 spiro atoms. The van der Waals surface area contributed by atoms with E-state index in [4.69, 9.17) is 0 Å². The molecule has 1 aliphatic heterocycles. The highest BCUT2D eigenvalue weighted by Gasteiger charge is 2.40. The quantitative estimate of drug-likeness (QED) is 0.888. The lowest BCUT2D eigenvalue weighted by atomic mass is 9.84. The van der Waals surface area contributed by atoms with Gasteiger partial charge in [-0.3, -0.25) is 0 Å². The van der Waals surface area contributed by atoms with Gasteiger partial charge in [-0.2, -0.15) is 0 Å². The first-order valence-corrected chi connectivity index (χ1v) is 8.01. The fourth-order valence-corrected chi connectivity index (χ4v) is 3.98. The van der Waals surface area contributed by atoms with Crippen LogP contribution in [0.1, 0.15) is 50.8 Å². The van der Waals surface area contributed by atoms with Gasteiger partial charge in [0.25, 0.3) is 0 Å². The lowest BCUT2D eigenvalue weighted by molar-refractivity contribution is 0.144. The zero-order chi connectivity index (χ0) is 14.3. The van der Waals surface area contributed by atoms with Crippen LogP contribution in [0.2, 0.25) is 0 Å². The SMILES string of the molecule is CC1CC(NC2c3ccccc3CC2(C)C)CCN1C. The summed E-state index contributed by atoms with van der Waals surface area (Å²) in [5.41, 5.74) is 3.40. The van der Waals surface area contributed by atoms with Gasteiger partial charge in [-0.15, -0.1) is 0 Å². The van der Waals surface area contributed by atoms with E-state index < -0.39 is 0 Å². The van der Waals surface area contributed by atoms with Crippen LogP contribution in [0.15, 0.2) is 24.3 Å². The van der Waals surface area contributed by atoms with Crippen molar-refractivity contribution in [3.63, 3.8) is 0 Å². The Morgan fingerprint density at radius 2 is 2.00 bits per heavy atom. The summed E-state index contributed by atoms with van der Waals surface area (Å²) in [5, 5.41) is 3.99. The molecule has 2 heteroatoms. The van der Waals surface area contributed by atoms with Gasteiger partial charge in [-0.1, -0.05) is 38.1 Å². The highest BCUT2D eigenvalue weighted by molar-refractivity contribution is 5.37. The summed E-state index contributed by atoms with van der Waals surface area (Å²) < 4.78 is 0. The maximum atomic E-state index is 3.99. The summed E-state index contributed by atoms with van der Waals surface area (Å²) in [6.07, 6.45) is 3.74. The van der Waals surface area contributed by atoms with Crippen molar-refractivity contribution in [2.45, 2.75) is 58.2 Å². The Bertz CT molecular complexity index is 480. The molecule has 1 aromatic rings. The van der Waals surface area contributed by atoms with Crippen LogP contribution < -0.4 is 5.32 Å². The minimum atomic E-state index is 0.330. The molecule has 20 heavy (non-hydrogen) atoms. The Labute approximate surface area is 123 Å². The molecule has 1 fully saturated rings. The predicted octanol–water partition coefficient (Wildman–Crippen LogP) is 3.38. The highest BCUT2D eigenvalue weighted by Crippen LogP contribution is 2.45. The molecule has 1 heterocycles. The molecule has 0 amide bonds. The molecule has 0 aromatic heterocycles. The number of nitrogens with zero attached hydrogens (tertiary/aromatic N) is 1. The van der Waals surface area contributed by atoms with E-state index in [1.807, 2.05) is 0 Å². The fraction of sp³-hybridized carbons (Fsp3) is 0.667. The number of hydrogen-bond donors (Lipinski definition) is 1. The molecular formula is C18H28N2. The standard InChI is InChI=1S/C18H28N2/c1-13-11-15(9-10-20(13)4)19-17-16-8-6-5-7-14(16)12-18(17,2)3/h5-8,13,15,17,19H,9-12H2,1-4H3. The largest absolute Gasteiger partial charge is 0.307 e. The first-order valence-electron chi connectivity index (χ1n) is 8.01. The van der Waals surface area contributed by atoms with Gasteiger partial charge in [0.05, 0.1) is 0 Å². The van der Waals surface area contributed by atoms with Crippen molar-refractivity contribution >= 4 is 0 Å². The monoisotopic (exact) mass is 272 g/mol. The van der Waals surface area contributed by atoms with Gasteiger partial charge in [0, 0.05) is 18.1 Å². The lowest BCUT2D eigenvalue weighted by Gasteiger charge is -2.39. The van der Waals surface area contributed by atoms with Gasteiger partial charge in [0.15, 0.2) is 0 Å². The maximum absolute atomic E-state index is 3.99. The van der Waals surface area contributed by atoms with E-state index >= 15 is 0 Å². The van der Waals surface area contributed by atoms with Crippen molar-refractivity contribution in [2.75, 3.05) is 13.6 Å². The van der Waals surface area contributed by atoms with Crippen molar-refractivity contribution in [3.8, 4) is 0 Å². The second-order valence-corrected chi connectivity index (χ2v) is 7.51. The Morgan fingerprint density at radius 3 is 2.75 bits per heavy atom. The Kier molecular flexibility index (Phi) is 3.64. The molecule has 3 atom stereocenters. The lowest BCUT2D eigenvalue weighted by Crippen LogP contribution is -2.48. The van der Waals surface area contributed by atoms with Crippen LogP contribution in [-0.2, 0) is 6.42 Å². The fourth-order valence-electron chi connectivity index (χ4n) is 3.98. The van der Waals surface area contributed by atoms with Crippen LogP contribution in [0.25, 0.3) is 0 Å². The summed E-state index contributed by atoms with van der Waals surface area (Å²) >= 11 is 0. The summed E-state index contributed by atoms with van der Waals surface area (Å²) in [4.78, 5) is 2.48. The van der Waals surface area contributed by atoms with Gasteiger partial charge >= 0.3 is 0 Å². The molecule has 1 aromatic carbocycles. The van der Waals surface area contributed by atoms with Gasteiger partial charge in [-0.25, -0.2) is 0 Å². The second kappa shape index (κ2) is 5.16. The van der Waals surface area contributed by atoms with Crippen LogP contribution in [0.3, 0.4) is 0 Å². The number of fused-ring (bicyclic) bond motifs is 1. The number of likely N-dealkylation sites (tertiary alicyclic amines) is 1. The first-order chi connectivity index (χ1) is 9.47. The zero-order valence-corrected chi connectivity index (χ0v) is 13.3. The molecule has 3 rings (SSSR count). The third-order valence-electron chi connectivity index (χ3n) is 5.40. The van der Waals surface area contributed by atoms with Crippen LogP contribution in [0.4, 0.5) is 0 Å². The van der Waals surface area contributed by atoms with Crippen molar-refractivity contribution in [2.24, 2.45) is 5.41 Å². The van der Waals surface area contributed by atoms with Crippen LogP contribution in [-0.4, -0.2) is 30.6 Å². The summed E-state index contributed by atoms with van der Waals surface area (Å²) in [6.45, 7) is 8.38. The average molecular weight is 272 g/mol. The number of nitrogens with one attached hydrogen (secondary N) is 1. The third-order valence-corrected chi connectivity index (χ3v) is 5.40. The predicted molar refractivity (Wildman–Crippen MR) is 84.9 cm³/mol. The average Bonchev–Trinajstić information content (AvgIpc) is 2.65. The van der Waals surface area contributed by atoms with E-state index in [0.717, 1.165) is 0 Å². The van der Waals surface area contributed by atoms with Gasteiger partial charge in [-0.05, 0) is 56.3 Å². The summed E-state index contributed by atoms with van der Waals surface area (Å²) in [6, 6.07) is 10.9. The molecule has 1 N–H and O–H groups in total. The van der Waals surface area contributed by atoms with E-state index in [0.29, 0.717) is 23.5 Å². The summed E-state index contributed by atoms with van der Waals surface area (Å²) in [7, 11) is 2.25. The van der Waals surface area contributed by atoms with Crippen molar-refractivity contribution in [1.82, 2.24) is 10.2 Å². The van der Waals surface area contributed by atoms with E-state index in [2.05, 4.69) is 62.3 Å². The van der Waals surface area contributed by atoms with E-state index in [1.54, 1.807) is 0 Å². The van der Waals surface area contributed by atoms with E-state index in [-0.39, 0.29) is 0 Å². The van der Waals surface area contributed by atoms with Crippen molar-refractivity contribution in [1.29, 1.82) is 0 Å². The molecule has 110 valence electrons. The first kappa shape index (κ1) is 14.1. The van der Waals surface area contributed by atoms with Gasteiger partial charge in [0.2, 0.25) is 0 Å². The minimum absolute atomic E-state index is 0.330. The highest BCUT2D eigenvalue weighted by atomic mass is 15.1. The third kappa shape index (κ3) is 2.51. The van der Waals surface area contributed by atoms with Gasteiger partial charge in [0.1, 0.15) is 0 Å². The molecule has 3 unspecified atom stereocenters. The Morgan fingerprint density at radius 1 is 1.25 bits per heavy atom. The smallest absolute Gasteiger partial charge is 0.0380 e. The van der Waals surface area contributed by atoms with Gasteiger partial charge < -0.3 is 10.2 Å². The molecule has 2 nitrogen and oxygen atoms in total. The number of piperidine rings is 1.